The number of aryl methyl sites for hydroxylation is 1. The molecular formula is C39H32O16. The van der Waals surface area contributed by atoms with E-state index in [1.165, 1.54) is 80.6 Å². The third kappa shape index (κ3) is 14.5. The van der Waals surface area contributed by atoms with Crippen molar-refractivity contribution < 1.29 is 76.3 Å². The molecule has 3 aromatic carbocycles. The fourth-order valence-electron chi connectivity index (χ4n) is 3.64. The van der Waals surface area contributed by atoms with E-state index in [2.05, 4.69) is 32.1 Å². The minimum Gasteiger partial charge on any atom is -0.425 e. The molecule has 16 nitrogen and oxygen atoms in total. The maximum absolute atomic E-state index is 12.7. The second kappa shape index (κ2) is 20.4. The Morgan fingerprint density at radius 3 is 1.27 bits per heavy atom. The lowest BCUT2D eigenvalue weighted by Gasteiger charge is -2.10. The van der Waals surface area contributed by atoms with Gasteiger partial charge in [-0.1, -0.05) is 13.2 Å². The van der Waals surface area contributed by atoms with E-state index in [4.69, 9.17) is 18.9 Å². The molecule has 0 N–H and O–H groups in total. The third-order valence-corrected chi connectivity index (χ3v) is 6.37. The predicted molar refractivity (Wildman–Crippen MR) is 187 cm³/mol. The second-order valence-electron chi connectivity index (χ2n) is 10.9. The van der Waals surface area contributed by atoms with Gasteiger partial charge in [-0.25, -0.2) is 38.4 Å². The van der Waals surface area contributed by atoms with Gasteiger partial charge in [0.25, 0.3) is 0 Å². The van der Waals surface area contributed by atoms with E-state index in [0.717, 1.165) is 24.3 Å². The molecule has 0 amide bonds. The first-order chi connectivity index (χ1) is 26.1. The first-order valence-corrected chi connectivity index (χ1v) is 15.6. The number of esters is 8. The molecule has 0 saturated carbocycles. The number of hydrogen-bond donors (Lipinski definition) is 0. The van der Waals surface area contributed by atoms with Crippen LogP contribution in [0.2, 0.25) is 0 Å². The molecule has 16 heteroatoms. The number of ether oxygens (including phenoxy) is 8. The lowest BCUT2D eigenvalue weighted by atomic mass is 10.2. The summed E-state index contributed by atoms with van der Waals surface area (Å²) >= 11 is 0. The highest BCUT2D eigenvalue weighted by Crippen LogP contribution is 2.26. The van der Waals surface area contributed by atoms with Crippen LogP contribution in [0.15, 0.2) is 115 Å². The molecule has 0 bridgehead atoms. The summed E-state index contributed by atoms with van der Waals surface area (Å²) in [6.45, 7) is 9.88. The number of benzene rings is 3. The maximum atomic E-state index is 12.7. The topological polar surface area (TPSA) is 210 Å². The van der Waals surface area contributed by atoms with Gasteiger partial charge in [0.1, 0.15) is 23.0 Å². The average molecular weight is 757 g/mol. The molecule has 0 aliphatic carbocycles. The molecule has 0 fully saturated rings. The highest BCUT2D eigenvalue weighted by Gasteiger charge is 2.15. The normalized spacial score (nSPS) is 10.5. The van der Waals surface area contributed by atoms with Gasteiger partial charge in [-0.3, -0.25) is 0 Å². The third-order valence-electron chi connectivity index (χ3n) is 6.37. The quantitative estimate of drug-likeness (QED) is 0.0846. The molecule has 0 unspecified atom stereocenters. The van der Waals surface area contributed by atoms with Crippen molar-refractivity contribution >= 4 is 47.8 Å². The summed E-state index contributed by atoms with van der Waals surface area (Å²) < 4.78 is 39.4. The minimum absolute atomic E-state index is 0.0574. The zero-order valence-corrected chi connectivity index (χ0v) is 29.5. The van der Waals surface area contributed by atoms with Crippen LogP contribution in [0.1, 0.15) is 40.1 Å². The molecule has 0 aromatic heterocycles. The molecule has 0 heterocycles. The minimum atomic E-state index is -0.961. The van der Waals surface area contributed by atoms with Gasteiger partial charge in [-0.15, -0.1) is 0 Å². The van der Waals surface area contributed by atoms with Crippen LogP contribution < -0.4 is 18.9 Å². The van der Waals surface area contributed by atoms with Crippen LogP contribution in [0, 0.1) is 6.92 Å². The van der Waals surface area contributed by atoms with Gasteiger partial charge in [0.2, 0.25) is 13.6 Å². The summed E-state index contributed by atoms with van der Waals surface area (Å²) in [4.78, 5) is 95.3. The van der Waals surface area contributed by atoms with Gasteiger partial charge in [0, 0.05) is 35.5 Å². The summed E-state index contributed by atoms with van der Waals surface area (Å²) in [5.41, 5.74) is 0.919. The maximum Gasteiger partial charge on any atom is 0.343 e. The Hall–Kier alpha value is -7.62. The van der Waals surface area contributed by atoms with Gasteiger partial charge in [-0.05, 0) is 93.1 Å². The van der Waals surface area contributed by atoms with Gasteiger partial charge in [0.05, 0.1) is 11.1 Å². The van der Waals surface area contributed by atoms with Crippen molar-refractivity contribution in [3.8, 4) is 23.0 Å². The van der Waals surface area contributed by atoms with E-state index in [0.29, 0.717) is 5.56 Å². The Balaban J connectivity index is 1.46. The molecule has 0 spiro atoms. The molecule has 0 aliphatic rings. The average Bonchev–Trinajstić information content (AvgIpc) is 3.14. The molecule has 0 atom stereocenters. The summed E-state index contributed by atoms with van der Waals surface area (Å²) in [5, 5.41) is 0. The molecule has 0 saturated heterocycles. The Labute approximate surface area is 313 Å². The van der Waals surface area contributed by atoms with E-state index < -0.39 is 61.3 Å². The van der Waals surface area contributed by atoms with Crippen LogP contribution in [-0.4, -0.2) is 61.3 Å². The standard InChI is InChI=1S/C39H32O16/c1-23(2)36(44)50-21-48-32(40)16-18-34(42)52-28-10-6-26(7-11-28)38(46)54-30-14-15-31(25(5)20-30)55-39(47)27-8-12-29(13-9-27)53-35(43)19-17-33(41)49-22-51-37(45)24(3)4/h6-20H,1,3,21-22H2,2,4-5H3/b18-16+,19-17+. The Kier molecular flexibility index (Phi) is 15.5. The monoisotopic (exact) mass is 756 g/mol. The van der Waals surface area contributed by atoms with Crippen molar-refractivity contribution in [3.63, 3.8) is 0 Å². The predicted octanol–water partition coefficient (Wildman–Crippen LogP) is 4.60. The number of carbonyl (C=O) groups excluding carboxylic acids is 8. The smallest absolute Gasteiger partial charge is 0.343 e. The van der Waals surface area contributed by atoms with Gasteiger partial charge in [0.15, 0.2) is 0 Å². The number of carbonyl (C=O) groups is 8. The molecule has 284 valence electrons. The van der Waals surface area contributed by atoms with E-state index in [1.807, 2.05) is 0 Å². The second-order valence-corrected chi connectivity index (χ2v) is 10.9. The van der Waals surface area contributed by atoms with Crippen LogP contribution in [0.3, 0.4) is 0 Å². The highest BCUT2D eigenvalue weighted by atomic mass is 16.7. The molecular weight excluding hydrogens is 724 g/mol. The molecule has 0 radical (unpaired) electrons. The molecule has 3 aromatic rings. The van der Waals surface area contributed by atoms with Crippen LogP contribution >= 0.6 is 0 Å². The Morgan fingerprint density at radius 2 is 0.873 bits per heavy atom. The van der Waals surface area contributed by atoms with Crippen LogP contribution in [0.4, 0.5) is 0 Å². The fraction of sp³-hybridized carbons (Fsp3) is 0.128. The molecule has 55 heavy (non-hydrogen) atoms. The van der Waals surface area contributed by atoms with E-state index in [9.17, 15) is 38.4 Å². The van der Waals surface area contributed by atoms with Crippen molar-refractivity contribution in [1.29, 1.82) is 0 Å². The SMILES string of the molecule is C=C(C)C(=O)OCOC(=O)/C=C/C(=O)Oc1ccc(C(=O)Oc2ccc(OC(=O)c3ccc(OC(=O)/C=C/C(=O)OCOC(=O)C(=C)C)cc3)c(C)c2)cc1. The van der Waals surface area contributed by atoms with E-state index in [1.54, 1.807) is 6.92 Å². The Morgan fingerprint density at radius 1 is 0.491 bits per heavy atom. The summed E-state index contributed by atoms with van der Waals surface area (Å²) in [6.07, 6.45) is 3.15. The lowest BCUT2D eigenvalue weighted by molar-refractivity contribution is -0.162. The van der Waals surface area contributed by atoms with Crippen molar-refractivity contribution in [3.05, 3.63) is 132 Å². The van der Waals surface area contributed by atoms with Crippen molar-refractivity contribution in [1.82, 2.24) is 0 Å². The highest BCUT2D eigenvalue weighted by molar-refractivity contribution is 5.95. The first-order valence-electron chi connectivity index (χ1n) is 15.6. The first kappa shape index (κ1) is 41.8. The van der Waals surface area contributed by atoms with Crippen LogP contribution in [0.25, 0.3) is 0 Å². The van der Waals surface area contributed by atoms with E-state index in [-0.39, 0.29) is 45.3 Å². The number of rotatable bonds is 16. The largest absolute Gasteiger partial charge is 0.425 e. The molecule has 0 aliphatic heterocycles. The summed E-state index contributed by atoms with van der Waals surface area (Å²) in [7, 11) is 0. The molecule has 3 rings (SSSR count). The van der Waals surface area contributed by atoms with Gasteiger partial charge >= 0.3 is 47.8 Å². The summed E-state index contributed by atoms with van der Waals surface area (Å²) in [6, 6.07) is 15.0. The van der Waals surface area contributed by atoms with Crippen molar-refractivity contribution in [2.75, 3.05) is 13.6 Å². The fourth-order valence-corrected chi connectivity index (χ4v) is 3.64. The lowest BCUT2D eigenvalue weighted by Crippen LogP contribution is -2.12. The van der Waals surface area contributed by atoms with Gasteiger partial charge < -0.3 is 37.9 Å². The van der Waals surface area contributed by atoms with E-state index >= 15 is 0 Å². The zero-order chi connectivity index (χ0) is 40.5. The number of hydrogen-bond acceptors (Lipinski definition) is 16. The Bertz CT molecular complexity index is 2050. The van der Waals surface area contributed by atoms with Crippen LogP contribution in [0.5, 0.6) is 23.0 Å². The van der Waals surface area contributed by atoms with Crippen LogP contribution in [-0.2, 0) is 47.7 Å². The zero-order valence-electron chi connectivity index (χ0n) is 29.5. The summed E-state index contributed by atoms with van der Waals surface area (Å²) in [5.74, 6) is -6.31. The van der Waals surface area contributed by atoms with Crippen molar-refractivity contribution in [2.24, 2.45) is 0 Å². The van der Waals surface area contributed by atoms with Gasteiger partial charge in [-0.2, -0.15) is 0 Å². The van der Waals surface area contributed by atoms with Crippen molar-refractivity contribution in [2.45, 2.75) is 20.8 Å².